The molecule has 0 aliphatic heterocycles. The molecule has 204 valence electrons. The summed E-state index contributed by atoms with van der Waals surface area (Å²) in [6, 6.07) is 34.6. The summed E-state index contributed by atoms with van der Waals surface area (Å²) in [5.41, 5.74) is 8.89. The smallest absolute Gasteiger partial charge is 0.231 e. The predicted molar refractivity (Wildman–Crippen MR) is 167 cm³/mol. The standard InChI is InChI=1S/C37H34N2O2/c1-36(2,3)27-22-24(21-25(23-27)30-17-9-10-20-38-30)28-15-11-19-32-34(28)39-35(41-32)33-29(16-12-18-31(33)40)37(4,5)26-13-7-6-8-14-26/h6-23,40H,1-5H3. The summed E-state index contributed by atoms with van der Waals surface area (Å²) in [5, 5.41) is 11.1. The van der Waals surface area contributed by atoms with Crippen molar-refractivity contribution in [3.05, 3.63) is 126 Å². The van der Waals surface area contributed by atoms with Crippen molar-refractivity contribution in [1.82, 2.24) is 9.97 Å². The van der Waals surface area contributed by atoms with Crippen LogP contribution in [0.5, 0.6) is 5.75 Å². The van der Waals surface area contributed by atoms with Crippen LogP contribution in [0.1, 0.15) is 51.3 Å². The molecule has 4 heteroatoms. The third-order valence-corrected chi connectivity index (χ3v) is 7.91. The summed E-state index contributed by atoms with van der Waals surface area (Å²) in [4.78, 5) is 9.66. The van der Waals surface area contributed by atoms with Crippen molar-refractivity contribution in [2.24, 2.45) is 0 Å². The number of oxazole rings is 1. The maximum absolute atomic E-state index is 11.1. The monoisotopic (exact) mass is 538 g/mol. The van der Waals surface area contributed by atoms with Crippen LogP contribution in [0.25, 0.3) is 44.9 Å². The van der Waals surface area contributed by atoms with Crippen LogP contribution in [0.3, 0.4) is 0 Å². The first-order chi connectivity index (χ1) is 19.6. The zero-order valence-corrected chi connectivity index (χ0v) is 24.1. The van der Waals surface area contributed by atoms with Gasteiger partial charge in [0.15, 0.2) is 5.58 Å². The van der Waals surface area contributed by atoms with Crippen LogP contribution in [0.4, 0.5) is 0 Å². The lowest BCUT2D eigenvalue weighted by atomic mass is 9.76. The first-order valence-corrected chi connectivity index (χ1v) is 14.0. The van der Waals surface area contributed by atoms with E-state index >= 15 is 0 Å². The highest BCUT2D eigenvalue weighted by Crippen LogP contribution is 2.44. The van der Waals surface area contributed by atoms with Gasteiger partial charge in [-0.1, -0.05) is 101 Å². The molecule has 0 spiro atoms. The van der Waals surface area contributed by atoms with Gasteiger partial charge in [0, 0.05) is 22.7 Å². The van der Waals surface area contributed by atoms with Crippen LogP contribution >= 0.6 is 0 Å². The van der Waals surface area contributed by atoms with E-state index in [9.17, 15) is 5.11 Å². The molecule has 41 heavy (non-hydrogen) atoms. The fourth-order valence-electron chi connectivity index (χ4n) is 5.48. The normalized spacial score (nSPS) is 12.1. The van der Waals surface area contributed by atoms with Gasteiger partial charge in [-0.3, -0.25) is 4.98 Å². The van der Waals surface area contributed by atoms with E-state index in [-0.39, 0.29) is 11.2 Å². The minimum absolute atomic E-state index is 0.0594. The second kappa shape index (κ2) is 10.0. The number of hydrogen-bond donors (Lipinski definition) is 1. The van der Waals surface area contributed by atoms with Crippen LogP contribution in [-0.2, 0) is 10.8 Å². The van der Waals surface area contributed by atoms with Crippen LogP contribution in [0.2, 0.25) is 0 Å². The molecule has 0 aliphatic rings. The van der Waals surface area contributed by atoms with Crippen molar-refractivity contribution in [2.45, 2.75) is 45.4 Å². The number of nitrogens with zero attached hydrogens (tertiary/aromatic N) is 2. The van der Waals surface area contributed by atoms with Gasteiger partial charge in [-0.25, -0.2) is 4.98 Å². The molecule has 2 aromatic heterocycles. The van der Waals surface area contributed by atoms with E-state index in [1.165, 1.54) is 5.56 Å². The summed E-state index contributed by atoms with van der Waals surface area (Å²) in [6.07, 6.45) is 1.82. The number of benzene rings is 4. The lowest BCUT2D eigenvalue weighted by molar-refractivity contribution is 0.471. The third kappa shape index (κ3) is 4.91. The van der Waals surface area contributed by atoms with Gasteiger partial charge in [0.2, 0.25) is 5.89 Å². The number of fused-ring (bicyclic) bond motifs is 1. The van der Waals surface area contributed by atoms with Crippen LogP contribution in [-0.4, -0.2) is 15.1 Å². The fraction of sp³-hybridized carbons (Fsp3) is 0.189. The molecule has 6 rings (SSSR count). The number of rotatable bonds is 5. The van der Waals surface area contributed by atoms with Gasteiger partial charge in [-0.2, -0.15) is 0 Å². The van der Waals surface area contributed by atoms with Gasteiger partial charge < -0.3 is 9.52 Å². The first kappa shape index (κ1) is 26.5. The van der Waals surface area contributed by atoms with E-state index in [1.54, 1.807) is 6.07 Å². The summed E-state index contributed by atoms with van der Waals surface area (Å²) in [7, 11) is 0. The molecule has 0 amide bonds. The van der Waals surface area contributed by atoms with Crippen molar-refractivity contribution >= 4 is 11.1 Å². The highest BCUT2D eigenvalue weighted by molar-refractivity contribution is 5.93. The number of aromatic nitrogens is 2. The van der Waals surface area contributed by atoms with Crippen molar-refractivity contribution in [1.29, 1.82) is 0 Å². The zero-order valence-electron chi connectivity index (χ0n) is 24.1. The Bertz CT molecular complexity index is 1850. The molecule has 0 fully saturated rings. The largest absolute Gasteiger partial charge is 0.507 e. The number of para-hydroxylation sites is 1. The van der Waals surface area contributed by atoms with Crippen molar-refractivity contribution < 1.29 is 9.52 Å². The van der Waals surface area contributed by atoms with Gasteiger partial charge in [0.25, 0.3) is 0 Å². The molecule has 0 bridgehead atoms. The summed E-state index contributed by atoms with van der Waals surface area (Å²) in [5.74, 6) is 0.549. The second-order valence-corrected chi connectivity index (χ2v) is 12.1. The fourth-order valence-corrected chi connectivity index (χ4v) is 5.48. The molecule has 0 saturated heterocycles. The molecule has 0 atom stereocenters. The van der Waals surface area contributed by atoms with E-state index in [0.717, 1.165) is 39.0 Å². The Morgan fingerprint density at radius 3 is 2.15 bits per heavy atom. The molecule has 1 N–H and O–H groups in total. The van der Waals surface area contributed by atoms with Gasteiger partial charge >= 0.3 is 0 Å². The highest BCUT2D eigenvalue weighted by Gasteiger charge is 2.30. The quantitative estimate of drug-likeness (QED) is 0.237. The van der Waals surface area contributed by atoms with Gasteiger partial charge in [-0.15, -0.1) is 0 Å². The Morgan fingerprint density at radius 1 is 0.683 bits per heavy atom. The Morgan fingerprint density at radius 2 is 1.41 bits per heavy atom. The number of pyridine rings is 1. The third-order valence-electron chi connectivity index (χ3n) is 7.91. The second-order valence-electron chi connectivity index (χ2n) is 12.1. The topological polar surface area (TPSA) is 59.2 Å². The molecule has 0 radical (unpaired) electrons. The highest BCUT2D eigenvalue weighted by atomic mass is 16.3. The van der Waals surface area contributed by atoms with Gasteiger partial charge in [-0.05, 0) is 64.1 Å². The molecule has 6 aromatic rings. The number of phenols is 1. The number of aromatic hydroxyl groups is 1. The summed E-state index contributed by atoms with van der Waals surface area (Å²) < 4.78 is 6.40. The predicted octanol–water partition coefficient (Wildman–Crippen LogP) is 9.55. The molecule has 0 unspecified atom stereocenters. The molecular formula is C37H34N2O2. The minimum Gasteiger partial charge on any atom is -0.507 e. The molecular weight excluding hydrogens is 504 g/mol. The molecule has 4 nitrogen and oxygen atoms in total. The van der Waals surface area contributed by atoms with Crippen LogP contribution < -0.4 is 0 Å². The molecule has 0 saturated carbocycles. The maximum Gasteiger partial charge on any atom is 0.231 e. The minimum atomic E-state index is -0.391. The van der Waals surface area contributed by atoms with E-state index < -0.39 is 5.41 Å². The van der Waals surface area contributed by atoms with E-state index in [0.29, 0.717) is 17.0 Å². The maximum atomic E-state index is 11.1. The Hall–Kier alpha value is -4.70. The molecule has 2 heterocycles. The molecule has 0 aliphatic carbocycles. The zero-order chi connectivity index (χ0) is 28.8. The van der Waals surface area contributed by atoms with Gasteiger partial charge in [0.1, 0.15) is 11.3 Å². The number of phenolic OH excluding ortho intramolecular Hbond substituents is 1. The Labute approximate surface area is 241 Å². The van der Waals surface area contributed by atoms with Crippen LogP contribution in [0.15, 0.2) is 114 Å². The lowest BCUT2D eigenvalue weighted by Gasteiger charge is -2.28. The first-order valence-electron chi connectivity index (χ1n) is 14.0. The van der Waals surface area contributed by atoms with Crippen molar-refractivity contribution in [2.75, 3.05) is 0 Å². The summed E-state index contributed by atoms with van der Waals surface area (Å²) in [6.45, 7) is 11.0. The number of hydrogen-bond acceptors (Lipinski definition) is 4. The van der Waals surface area contributed by atoms with Crippen molar-refractivity contribution in [3.63, 3.8) is 0 Å². The Kier molecular flexibility index (Phi) is 6.50. The SMILES string of the molecule is CC(C)(C)c1cc(-c2ccccn2)cc(-c2cccc3oc(-c4c(O)cccc4C(C)(C)c4ccccc4)nc23)c1. The lowest BCUT2D eigenvalue weighted by Crippen LogP contribution is -2.20. The molecule has 4 aromatic carbocycles. The average Bonchev–Trinajstić information content (AvgIpc) is 3.41. The van der Waals surface area contributed by atoms with Crippen molar-refractivity contribution in [3.8, 4) is 39.6 Å². The Balaban J connectivity index is 1.54. The van der Waals surface area contributed by atoms with Gasteiger partial charge in [0.05, 0.1) is 11.3 Å². The summed E-state index contributed by atoms with van der Waals surface area (Å²) >= 11 is 0. The van der Waals surface area contributed by atoms with E-state index in [1.807, 2.05) is 66.9 Å². The van der Waals surface area contributed by atoms with Crippen LogP contribution in [0, 0.1) is 0 Å². The van der Waals surface area contributed by atoms with E-state index in [2.05, 4.69) is 76.0 Å². The average molecular weight is 539 g/mol. The van der Waals surface area contributed by atoms with E-state index in [4.69, 9.17) is 9.40 Å².